The third-order valence-corrected chi connectivity index (χ3v) is 6.42. The van der Waals surface area contributed by atoms with Crippen molar-refractivity contribution < 1.29 is 24.1 Å². The summed E-state index contributed by atoms with van der Waals surface area (Å²) in [4.78, 5) is 34.4. The lowest BCUT2D eigenvalue weighted by atomic mass is 10.0. The molecule has 0 radical (unpaired) electrons. The molecule has 1 amide bonds. The summed E-state index contributed by atoms with van der Waals surface area (Å²) in [5.74, 6) is 0.0370. The second-order valence-electron chi connectivity index (χ2n) is 8.80. The SMILES string of the molecule is COc1cc(Cc2ccc3c(c2)Nc2cc(-c4ccc([N+](=O)[O-])c(OC)c4)ccc2C(=O)N3)ccc1[N+](=O)[O-]. The van der Waals surface area contributed by atoms with E-state index in [-0.39, 0.29) is 28.8 Å². The van der Waals surface area contributed by atoms with Crippen molar-refractivity contribution in [3.63, 3.8) is 0 Å². The van der Waals surface area contributed by atoms with Gasteiger partial charge in [-0.1, -0.05) is 18.2 Å². The highest BCUT2D eigenvalue weighted by atomic mass is 16.6. The highest BCUT2D eigenvalue weighted by molar-refractivity contribution is 6.12. The fraction of sp³-hybridized carbons (Fsp3) is 0.107. The monoisotopic (exact) mass is 526 g/mol. The van der Waals surface area contributed by atoms with E-state index >= 15 is 0 Å². The molecule has 1 heterocycles. The van der Waals surface area contributed by atoms with Gasteiger partial charge in [0, 0.05) is 12.1 Å². The normalized spacial score (nSPS) is 11.8. The van der Waals surface area contributed by atoms with E-state index in [4.69, 9.17) is 9.47 Å². The summed E-state index contributed by atoms with van der Waals surface area (Å²) < 4.78 is 10.4. The van der Waals surface area contributed by atoms with Gasteiger partial charge < -0.3 is 20.1 Å². The first-order valence-electron chi connectivity index (χ1n) is 11.8. The molecule has 1 aliphatic heterocycles. The highest BCUT2D eigenvalue weighted by Gasteiger charge is 2.22. The summed E-state index contributed by atoms with van der Waals surface area (Å²) in [5.41, 5.74) is 5.18. The molecule has 0 fully saturated rings. The van der Waals surface area contributed by atoms with Gasteiger partial charge in [-0.3, -0.25) is 25.0 Å². The van der Waals surface area contributed by atoms with E-state index in [1.54, 1.807) is 48.5 Å². The molecule has 39 heavy (non-hydrogen) atoms. The molecular formula is C28H22N4O7. The van der Waals surface area contributed by atoms with E-state index in [1.807, 2.05) is 12.1 Å². The molecule has 0 aromatic heterocycles. The van der Waals surface area contributed by atoms with Gasteiger partial charge in [-0.05, 0) is 71.1 Å². The fourth-order valence-electron chi connectivity index (χ4n) is 4.50. The van der Waals surface area contributed by atoms with Crippen LogP contribution >= 0.6 is 0 Å². The average molecular weight is 527 g/mol. The topological polar surface area (TPSA) is 146 Å². The van der Waals surface area contributed by atoms with Crippen LogP contribution in [0, 0.1) is 20.2 Å². The van der Waals surface area contributed by atoms with Crippen molar-refractivity contribution in [1.29, 1.82) is 0 Å². The summed E-state index contributed by atoms with van der Waals surface area (Å²) in [6.45, 7) is 0. The molecule has 4 aromatic carbocycles. The molecule has 4 aromatic rings. The van der Waals surface area contributed by atoms with Crippen molar-refractivity contribution in [1.82, 2.24) is 0 Å². The maximum Gasteiger partial charge on any atom is 0.310 e. The molecule has 0 unspecified atom stereocenters. The van der Waals surface area contributed by atoms with E-state index in [0.29, 0.717) is 34.6 Å². The lowest BCUT2D eigenvalue weighted by Gasteiger charge is -2.13. The number of fused-ring (bicyclic) bond motifs is 2. The number of rotatable bonds is 7. The number of benzene rings is 4. The number of nitro groups is 2. The molecule has 0 saturated carbocycles. The number of carbonyl (C=O) groups is 1. The Morgan fingerprint density at radius 3 is 1.95 bits per heavy atom. The third kappa shape index (κ3) is 4.92. The predicted octanol–water partition coefficient (Wildman–Crippen LogP) is 6.09. The van der Waals surface area contributed by atoms with Crippen molar-refractivity contribution in [3.8, 4) is 22.6 Å². The lowest BCUT2D eigenvalue weighted by molar-refractivity contribution is -0.385. The van der Waals surface area contributed by atoms with Gasteiger partial charge in [-0.15, -0.1) is 0 Å². The van der Waals surface area contributed by atoms with Crippen molar-refractivity contribution >= 4 is 34.3 Å². The quantitative estimate of drug-likeness (QED) is 0.217. The van der Waals surface area contributed by atoms with Gasteiger partial charge in [-0.2, -0.15) is 0 Å². The van der Waals surface area contributed by atoms with E-state index in [9.17, 15) is 25.0 Å². The van der Waals surface area contributed by atoms with Crippen LogP contribution in [0.1, 0.15) is 21.5 Å². The van der Waals surface area contributed by atoms with Gasteiger partial charge in [0.25, 0.3) is 5.91 Å². The second kappa shape index (κ2) is 10.1. The van der Waals surface area contributed by atoms with Gasteiger partial charge in [0.15, 0.2) is 11.5 Å². The van der Waals surface area contributed by atoms with Gasteiger partial charge >= 0.3 is 11.4 Å². The standard InChI is InChI=1S/C28H22N4O7/c1-38-26-13-17(4-9-24(26)31(34)35)11-16-3-8-21-23(12-16)29-22-14-18(5-7-20(22)28(33)30-21)19-6-10-25(32(36)37)27(15-19)39-2/h3-10,12-15,29H,11H2,1-2H3,(H,30,33). The molecule has 0 bridgehead atoms. The maximum absolute atomic E-state index is 13.0. The first kappa shape index (κ1) is 25.2. The van der Waals surface area contributed by atoms with Crippen LogP contribution in [0.4, 0.5) is 28.4 Å². The lowest BCUT2D eigenvalue weighted by Crippen LogP contribution is -2.10. The van der Waals surface area contributed by atoms with Crippen molar-refractivity contribution in [2.75, 3.05) is 24.9 Å². The molecule has 0 atom stereocenters. The van der Waals surface area contributed by atoms with Crippen LogP contribution in [-0.4, -0.2) is 30.0 Å². The van der Waals surface area contributed by atoms with Crippen LogP contribution in [0.2, 0.25) is 0 Å². The number of ether oxygens (including phenoxy) is 2. The highest BCUT2D eigenvalue weighted by Crippen LogP contribution is 2.38. The largest absolute Gasteiger partial charge is 0.490 e. The van der Waals surface area contributed by atoms with Crippen molar-refractivity contribution in [3.05, 3.63) is 110 Å². The number of carbonyl (C=O) groups excluding carboxylic acids is 1. The molecule has 0 spiro atoms. The Labute approximate surface area is 222 Å². The second-order valence-corrected chi connectivity index (χ2v) is 8.80. The summed E-state index contributed by atoms with van der Waals surface area (Å²) in [5, 5.41) is 28.7. The van der Waals surface area contributed by atoms with Gasteiger partial charge in [-0.25, -0.2) is 0 Å². The number of hydrogen-bond donors (Lipinski definition) is 2. The zero-order valence-electron chi connectivity index (χ0n) is 20.9. The van der Waals surface area contributed by atoms with Gasteiger partial charge in [0.2, 0.25) is 0 Å². The summed E-state index contributed by atoms with van der Waals surface area (Å²) in [6, 6.07) is 20.2. The third-order valence-electron chi connectivity index (χ3n) is 6.42. The molecule has 1 aliphatic rings. The van der Waals surface area contributed by atoms with Crippen molar-refractivity contribution in [2.45, 2.75) is 6.42 Å². The van der Waals surface area contributed by atoms with E-state index in [1.165, 1.54) is 26.4 Å². The minimum atomic E-state index is -0.507. The van der Waals surface area contributed by atoms with Crippen LogP contribution in [0.25, 0.3) is 11.1 Å². The Bertz CT molecular complexity index is 1650. The van der Waals surface area contributed by atoms with Crippen LogP contribution in [-0.2, 0) is 6.42 Å². The minimum absolute atomic E-state index is 0.106. The molecule has 0 aliphatic carbocycles. The number of nitrogens with zero attached hydrogens (tertiary/aromatic N) is 2. The predicted molar refractivity (Wildman–Crippen MR) is 145 cm³/mol. The maximum atomic E-state index is 13.0. The Hall–Kier alpha value is -5.45. The number of hydrogen-bond acceptors (Lipinski definition) is 8. The molecule has 2 N–H and O–H groups in total. The number of nitrogens with one attached hydrogen (secondary N) is 2. The Balaban J connectivity index is 1.47. The van der Waals surface area contributed by atoms with Crippen LogP contribution in [0.5, 0.6) is 11.5 Å². The average Bonchev–Trinajstić information content (AvgIpc) is 3.07. The van der Waals surface area contributed by atoms with Crippen molar-refractivity contribution in [2.24, 2.45) is 0 Å². The number of nitro benzene ring substituents is 2. The van der Waals surface area contributed by atoms with Gasteiger partial charge in [0.1, 0.15) is 0 Å². The number of amides is 1. The number of methoxy groups -OCH3 is 2. The summed E-state index contributed by atoms with van der Waals surface area (Å²) in [7, 11) is 2.76. The molecule has 0 saturated heterocycles. The van der Waals surface area contributed by atoms with Crippen LogP contribution in [0.15, 0.2) is 72.8 Å². The first-order chi connectivity index (χ1) is 18.8. The first-order valence-corrected chi connectivity index (χ1v) is 11.8. The van der Waals surface area contributed by atoms with Crippen LogP contribution < -0.4 is 20.1 Å². The van der Waals surface area contributed by atoms with E-state index < -0.39 is 9.85 Å². The van der Waals surface area contributed by atoms with E-state index in [0.717, 1.165) is 16.7 Å². The van der Waals surface area contributed by atoms with Gasteiger partial charge in [0.05, 0.1) is 46.7 Å². The molecule has 196 valence electrons. The van der Waals surface area contributed by atoms with E-state index in [2.05, 4.69) is 10.6 Å². The Morgan fingerprint density at radius 2 is 1.26 bits per heavy atom. The fourth-order valence-corrected chi connectivity index (χ4v) is 4.50. The molecule has 5 rings (SSSR count). The minimum Gasteiger partial charge on any atom is -0.490 e. The summed E-state index contributed by atoms with van der Waals surface area (Å²) >= 11 is 0. The molecular weight excluding hydrogens is 504 g/mol. The smallest absolute Gasteiger partial charge is 0.310 e. The Kier molecular flexibility index (Phi) is 6.55. The summed E-state index contributed by atoms with van der Waals surface area (Å²) in [6.07, 6.45) is 0.479. The zero-order chi connectivity index (χ0) is 27.7. The Morgan fingerprint density at radius 1 is 0.667 bits per heavy atom. The molecule has 11 heteroatoms. The van der Waals surface area contributed by atoms with Crippen LogP contribution in [0.3, 0.4) is 0 Å². The molecule has 11 nitrogen and oxygen atoms in total. The number of anilines is 3. The zero-order valence-corrected chi connectivity index (χ0v) is 20.9.